The summed E-state index contributed by atoms with van der Waals surface area (Å²) < 4.78 is 20.2. The Morgan fingerprint density at radius 1 is 1.03 bits per heavy atom. The van der Waals surface area contributed by atoms with Crippen molar-refractivity contribution in [2.75, 3.05) is 26.4 Å². The number of nitrogens with zero attached hydrogens (tertiary/aromatic N) is 4. The van der Waals surface area contributed by atoms with Crippen LogP contribution in [-0.2, 0) is 11.3 Å². The molecule has 2 aromatic carbocycles. The summed E-state index contributed by atoms with van der Waals surface area (Å²) in [6.45, 7) is 2.52. The lowest BCUT2D eigenvalue weighted by molar-refractivity contribution is -0.0115. The third kappa shape index (κ3) is 5.26. The lowest BCUT2D eigenvalue weighted by atomic mass is 10.0. The summed E-state index contributed by atoms with van der Waals surface area (Å²) in [7, 11) is 0. The van der Waals surface area contributed by atoms with Crippen molar-refractivity contribution >= 4 is 5.91 Å². The molecule has 4 heterocycles. The van der Waals surface area contributed by atoms with Gasteiger partial charge >= 0.3 is 0 Å². The van der Waals surface area contributed by atoms with Crippen molar-refractivity contribution in [3.63, 3.8) is 0 Å². The van der Waals surface area contributed by atoms with Gasteiger partial charge in [-0.3, -0.25) is 9.78 Å². The van der Waals surface area contributed by atoms with Crippen LogP contribution in [0.3, 0.4) is 0 Å². The maximum Gasteiger partial charge on any atom is 0.254 e. The Morgan fingerprint density at radius 2 is 1.95 bits per heavy atom. The van der Waals surface area contributed by atoms with Gasteiger partial charge < -0.3 is 19.1 Å². The summed E-state index contributed by atoms with van der Waals surface area (Å²) in [4.78, 5) is 19.6. The van der Waals surface area contributed by atoms with Crippen molar-refractivity contribution in [2.45, 2.75) is 31.9 Å². The summed E-state index contributed by atoms with van der Waals surface area (Å²) >= 11 is 0. The van der Waals surface area contributed by atoms with E-state index >= 15 is 0 Å². The van der Waals surface area contributed by atoms with E-state index < -0.39 is 0 Å². The lowest BCUT2D eigenvalue weighted by Crippen LogP contribution is -2.32. The zero-order valence-corrected chi connectivity index (χ0v) is 21.2. The minimum absolute atomic E-state index is 0.0432. The van der Waals surface area contributed by atoms with Gasteiger partial charge in [-0.2, -0.15) is 5.10 Å². The highest BCUT2D eigenvalue weighted by Crippen LogP contribution is 2.39. The normalized spacial score (nSPS) is 17.3. The van der Waals surface area contributed by atoms with Crippen LogP contribution in [0.1, 0.15) is 35.2 Å². The molecule has 38 heavy (non-hydrogen) atoms. The molecule has 8 heteroatoms. The second kappa shape index (κ2) is 11.1. The molecule has 4 aromatic rings. The average molecular weight is 511 g/mol. The Kier molecular flexibility index (Phi) is 7.04. The number of rotatable bonds is 6. The van der Waals surface area contributed by atoms with Crippen LogP contribution in [-0.4, -0.2) is 58.0 Å². The van der Waals surface area contributed by atoms with Gasteiger partial charge in [0, 0.05) is 54.6 Å². The lowest BCUT2D eigenvalue weighted by Gasteiger charge is -2.24. The van der Waals surface area contributed by atoms with Crippen molar-refractivity contribution < 1.29 is 19.0 Å². The molecule has 8 nitrogen and oxygen atoms in total. The van der Waals surface area contributed by atoms with Crippen molar-refractivity contribution in [1.82, 2.24) is 19.7 Å². The zero-order valence-electron chi connectivity index (χ0n) is 21.2. The minimum atomic E-state index is -0.0432. The fourth-order valence-electron chi connectivity index (χ4n) is 4.95. The van der Waals surface area contributed by atoms with Gasteiger partial charge in [-0.25, -0.2) is 4.68 Å². The van der Waals surface area contributed by atoms with Crippen LogP contribution in [0.5, 0.6) is 11.5 Å². The van der Waals surface area contributed by atoms with Crippen molar-refractivity contribution in [3.8, 4) is 28.3 Å². The van der Waals surface area contributed by atoms with Crippen LogP contribution in [0, 0.1) is 0 Å². The number of amides is 1. The Hall–Kier alpha value is -4.17. The fourth-order valence-corrected chi connectivity index (χ4v) is 4.95. The highest BCUT2D eigenvalue weighted by molar-refractivity contribution is 5.94. The second-order valence-electron chi connectivity index (χ2n) is 9.58. The smallest absolute Gasteiger partial charge is 0.254 e. The molecule has 0 bridgehead atoms. The first-order valence-electron chi connectivity index (χ1n) is 13.1. The fraction of sp³-hybridized carbons (Fsp3) is 0.300. The summed E-state index contributed by atoms with van der Waals surface area (Å²) in [5.41, 5.74) is 4.38. The molecule has 6 rings (SSSR count). The monoisotopic (exact) mass is 510 g/mol. The van der Waals surface area contributed by atoms with Gasteiger partial charge in [0.15, 0.2) is 11.5 Å². The number of carbonyl (C=O) groups is 1. The van der Waals surface area contributed by atoms with Gasteiger partial charge in [-0.1, -0.05) is 6.07 Å². The van der Waals surface area contributed by atoms with Gasteiger partial charge in [0.2, 0.25) is 0 Å². The van der Waals surface area contributed by atoms with Gasteiger partial charge in [0.1, 0.15) is 13.2 Å². The number of aromatic nitrogens is 3. The third-order valence-corrected chi connectivity index (χ3v) is 6.96. The van der Waals surface area contributed by atoms with E-state index in [-0.39, 0.29) is 12.0 Å². The summed E-state index contributed by atoms with van der Waals surface area (Å²) in [5, 5.41) is 4.26. The molecule has 0 spiro atoms. The minimum Gasteiger partial charge on any atom is -0.487 e. The van der Waals surface area contributed by atoms with Crippen LogP contribution < -0.4 is 9.47 Å². The Balaban J connectivity index is 1.27. The van der Waals surface area contributed by atoms with Crippen molar-refractivity contribution in [1.29, 1.82) is 0 Å². The molecule has 0 N–H and O–H groups in total. The largest absolute Gasteiger partial charge is 0.487 e. The maximum atomic E-state index is 13.5. The predicted octanol–water partition coefficient (Wildman–Crippen LogP) is 4.92. The molecular formula is C30H30N4O4. The maximum absolute atomic E-state index is 13.5. The number of benzene rings is 2. The van der Waals surface area contributed by atoms with Crippen LogP contribution in [0.25, 0.3) is 16.8 Å². The number of carbonyl (C=O) groups excluding carboxylic acids is 1. The highest BCUT2D eigenvalue weighted by Gasteiger charge is 2.25. The first-order chi connectivity index (χ1) is 18.7. The molecular weight excluding hydrogens is 480 g/mol. The molecule has 1 saturated heterocycles. The summed E-state index contributed by atoms with van der Waals surface area (Å²) in [6, 6.07) is 17.4. The third-order valence-electron chi connectivity index (χ3n) is 6.96. The van der Waals surface area contributed by atoms with E-state index in [0.717, 1.165) is 48.2 Å². The molecule has 1 amide bonds. The van der Waals surface area contributed by atoms with E-state index in [1.807, 2.05) is 65.8 Å². The van der Waals surface area contributed by atoms with Gasteiger partial charge in [0.25, 0.3) is 5.91 Å². The summed E-state index contributed by atoms with van der Waals surface area (Å²) in [5.74, 6) is 1.32. The zero-order chi connectivity index (χ0) is 25.7. The second-order valence-corrected chi connectivity index (χ2v) is 9.58. The number of fused-ring (bicyclic) bond motifs is 1. The van der Waals surface area contributed by atoms with E-state index in [4.69, 9.17) is 14.2 Å². The van der Waals surface area contributed by atoms with Crippen LogP contribution in [0.4, 0.5) is 0 Å². The van der Waals surface area contributed by atoms with Gasteiger partial charge in [-0.05, 0) is 73.4 Å². The predicted molar refractivity (Wildman–Crippen MR) is 143 cm³/mol. The van der Waals surface area contributed by atoms with Crippen LogP contribution in [0.2, 0.25) is 0 Å². The molecule has 2 aliphatic heterocycles. The summed E-state index contributed by atoms with van der Waals surface area (Å²) in [6.07, 6.45) is 10.5. The first kappa shape index (κ1) is 24.2. The molecule has 2 aromatic heterocycles. The van der Waals surface area contributed by atoms with E-state index in [2.05, 4.69) is 16.1 Å². The van der Waals surface area contributed by atoms with E-state index in [1.54, 1.807) is 17.1 Å². The SMILES string of the molecule is O=C(c1ccc(-n2cccn2)cc1)N1CCOc2c(cc(-c3cccnc3)cc2OC[C@@H]2CCCCO2)C1. The first-order valence-corrected chi connectivity index (χ1v) is 13.1. The van der Waals surface area contributed by atoms with Crippen molar-refractivity contribution in [2.24, 2.45) is 0 Å². The molecule has 0 aliphatic carbocycles. The highest BCUT2D eigenvalue weighted by atomic mass is 16.5. The van der Waals surface area contributed by atoms with Crippen LogP contribution >= 0.6 is 0 Å². The topological polar surface area (TPSA) is 78.7 Å². The van der Waals surface area contributed by atoms with E-state index in [1.165, 1.54) is 0 Å². The van der Waals surface area contributed by atoms with E-state index in [9.17, 15) is 4.79 Å². The number of pyridine rings is 1. The van der Waals surface area contributed by atoms with E-state index in [0.29, 0.717) is 43.4 Å². The van der Waals surface area contributed by atoms with Crippen LogP contribution in [0.15, 0.2) is 79.4 Å². The molecule has 0 radical (unpaired) electrons. The Labute approximate surface area is 221 Å². The van der Waals surface area contributed by atoms with Gasteiger partial charge in [0.05, 0.1) is 18.3 Å². The molecule has 1 atom stereocenters. The molecule has 0 unspecified atom stereocenters. The number of hydrogen-bond donors (Lipinski definition) is 0. The van der Waals surface area contributed by atoms with Crippen molar-refractivity contribution in [3.05, 3.63) is 90.5 Å². The number of hydrogen-bond acceptors (Lipinski definition) is 6. The molecule has 1 fully saturated rings. The Bertz CT molecular complexity index is 1370. The molecule has 194 valence electrons. The quantitative estimate of drug-likeness (QED) is 0.367. The standard InChI is InChI=1S/C30H30N4O4/c35-30(22-7-9-26(10-8-22)34-13-4-12-32-34)33-14-16-37-29-25(20-33)17-24(23-5-3-11-31-19-23)18-28(29)38-21-27-6-1-2-15-36-27/h3-5,7-13,17-19,27H,1-2,6,14-16,20-21H2/t27-/m0/s1. The Morgan fingerprint density at radius 3 is 2.71 bits per heavy atom. The molecule has 0 saturated carbocycles. The number of ether oxygens (including phenoxy) is 3. The van der Waals surface area contributed by atoms with Gasteiger partial charge in [-0.15, -0.1) is 0 Å². The average Bonchev–Trinajstić information content (AvgIpc) is 3.43. The molecule has 2 aliphatic rings.